The SMILES string of the molecule is Cn1ccc(-c2nc3c(C(=O)O)cccc3o2)cc1=O. The minimum Gasteiger partial charge on any atom is -0.478 e. The molecule has 0 saturated carbocycles. The molecule has 0 fully saturated rings. The Kier molecular flexibility index (Phi) is 2.64. The average molecular weight is 270 g/mol. The van der Waals surface area contributed by atoms with E-state index in [1.807, 2.05) is 0 Å². The van der Waals surface area contributed by atoms with Gasteiger partial charge in [-0.3, -0.25) is 4.79 Å². The second-order valence-electron chi connectivity index (χ2n) is 4.34. The van der Waals surface area contributed by atoms with Gasteiger partial charge in [0.05, 0.1) is 5.56 Å². The Morgan fingerprint density at radius 1 is 1.35 bits per heavy atom. The topological polar surface area (TPSA) is 85.3 Å². The summed E-state index contributed by atoms with van der Waals surface area (Å²) >= 11 is 0. The van der Waals surface area contributed by atoms with Crippen molar-refractivity contribution in [3.05, 3.63) is 52.4 Å². The molecule has 100 valence electrons. The number of pyridine rings is 1. The van der Waals surface area contributed by atoms with Crippen molar-refractivity contribution >= 4 is 17.1 Å². The summed E-state index contributed by atoms with van der Waals surface area (Å²) in [5.74, 6) is -0.842. The second-order valence-corrected chi connectivity index (χ2v) is 4.34. The number of aryl methyl sites for hydroxylation is 1. The van der Waals surface area contributed by atoms with E-state index in [2.05, 4.69) is 4.98 Å². The number of hydrogen-bond acceptors (Lipinski definition) is 4. The van der Waals surface area contributed by atoms with E-state index in [4.69, 9.17) is 9.52 Å². The minimum atomic E-state index is -1.07. The molecular formula is C14H10N2O4. The Morgan fingerprint density at radius 3 is 2.85 bits per heavy atom. The Morgan fingerprint density at radius 2 is 2.15 bits per heavy atom. The molecule has 0 amide bonds. The predicted octanol–water partition coefficient (Wildman–Crippen LogP) is 1.89. The van der Waals surface area contributed by atoms with Gasteiger partial charge in [0.25, 0.3) is 5.56 Å². The summed E-state index contributed by atoms with van der Waals surface area (Å²) in [4.78, 5) is 26.9. The summed E-state index contributed by atoms with van der Waals surface area (Å²) in [6.07, 6.45) is 1.60. The zero-order chi connectivity index (χ0) is 14.3. The van der Waals surface area contributed by atoms with Crippen molar-refractivity contribution in [3.8, 4) is 11.5 Å². The number of carboxylic acid groups (broad SMARTS) is 1. The molecule has 0 spiro atoms. The van der Waals surface area contributed by atoms with Crippen molar-refractivity contribution in [3.63, 3.8) is 0 Å². The minimum absolute atomic E-state index is 0.0707. The molecular weight excluding hydrogens is 260 g/mol. The van der Waals surface area contributed by atoms with Gasteiger partial charge in [-0.25, -0.2) is 9.78 Å². The molecule has 0 saturated heterocycles. The first-order chi connectivity index (χ1) is 9.56. The first-order valence-corrected chi connectivity index (χ1v) is 5.86. The van der Waals surface area contributed by atoms with E-state index in [0.717, 1.165) is 0 Å². The van der Waals surface area contributed by atoms with Crippen molar-refractivity contribution in [1.82, 2.24) is 9.55 Å². The molecule has 6 nitrogen and oxygen atoms in total. The van der Waals surface area contributed by atoms with E-state index in [9.17, 15) is 9.59 Å². The van der Waals surface area contributed by atoms with Gasteiger partial charge in [0.1, 0.15) is 5.52 Å². The molecule has 2 aromatic heterocycles. The molecule has 0 aliphatic rings. The summed E-state index contributed by atoms with van der Waals surface area (Å²) in [5.41, 5.74) is 1.04. The van der Waals surface area contributed by atoms with Crippen LogP contribution in [-0.4, -0.2) is 20.6 Å². The van der Waals surface area contributed by atoms with Gasteiger partial charge in [-0.2, -0.15) is 0 Å². The summed E-state index contributed by atoms with van der Waals surface area (Å²) in [6.45, 7) is 0. The molecule has 0 aliphatic heterocycles. The van der Waals surface area contributed by atoms with Crippen LogP contribution in [0.3, 0.4) is 0 Å². The molecule has 20 heavy (non-hydrogen) atoms. The van der Waals surface area contributed by atoms with Crippen LogP contribution in [0.1, 0.15) is 10.4 Å². The molecule has 1 aromatic carbocycles. The van der Waals surface area contributed by atoms with Crippen LogP contribution in [0.4, 0.5) is 0 Å². The van der Waals surface area contributed by atoms with Crippen LogP contribution in [-0.2, 0) is 7.05 Å². The lowest BCUT2D eigenvalue weighted by atomic mass is 10.2. The summed E-state index contributed by atoms with van der Waals surface area (Å²) in [5, 5.41) is 9.11. The van der Waals surface area contributed by atoms with Gasteiger partial charge < -0.3 is 14.1 Å². The van der Waals surface area contributed by atoms with Gasteiger partial charge in [0.2, 0.25) is 5.89 Å². The average Bonchev–Trinajstić information content (AvgIpc) is 2.85. The van der Waals surface area contributed by atoms with E-state index in [-0.39, 0.29) is 22.5 Å². The fraction of sp³-hybridized carbons (Fsp3) is 0.0714. The summed E-state index contributed by atoms with van der Waals surface area (Å²) < 4.78 is 6.94. The number of carboxylic acids is 1. The standard InChI is InChI=1S/C14H10N2O4/c1-16-6-5-8(7-11(16)17)13-15-12-9(14(18)19)3-2-4-10(12)20-13/h2-7H,1H3,(H,18,19). The molecule has 3 aromatic rings. The summed E-state index contributed by atoms with van der Waals surface area (Å²) in [7, 11) is 1.64. The highest BCUT2D eigenvalue weighted by molar-refractivity contribution is 6.00. The number of nitrogens with zero attached hydrogens (tertiary/aromatic N) is 2. The van der Waals surface area contributed by atoms with Crippen LogP contribution >= 0.6 is 0 Å². The molecule has 3 rings (SSSR count). The van der Waals surface area contributed by atoms with Crippen molar-refractivity contribution in [1.29, 1.82) is 0 Å². The molecule has 6 heteroatoms. The third-order valence-electron chi connectivity index (χ3n) is 3.00. The van der Waals surface area contributed by atoms with Gasteiger partial charge in [-0.05, 0) is 18.2 Å². The van der Waals surface area contributed by atoms with Crippen LogP contribution in [0, 0.1) is 0 Å². The maximum atomic E-state index is 11.6. The van der Waals surface area contributed by atoms with Crippen LogP contribution in [0.5, 0.6) is 0 Å². The van der Waals surface area contributed by atoms with E-state index >= 15 is 0 Å². The molecule has 0 unspecified atom stereocenters. The smallest absolute Gasteiger partial charge is 0.338 e. The fourth-order valence-electron chi connectivity index (χ4n) is 1.93. The van der Waals surface area contributed by atoms with Crippen LogP contribution in [0.2, 0.25) is 0 Å². The number of para-hydroxylation sites is 1. The Labute approximate surface area is 112 Å². The van der Waals surface area contributed by atoms with Crippen LogP contribution < -0.4 is 5.56 Å². The lowest BCUT2D eigenvalue weighted by molar-refractivity contribution is 0.0699. The third-order valence-corrected chi connectivity index (χ3v) is 3.00. The first kappa shape index (κ1) is 12.2. The molecule has 0 atom stereocenters. The molecule has 0 bridgehead atoms. The quantitative estimate of drug-likeness (QED) is 0.768. The zero-order valence-corrected chi connectivity index (χ0v) is 10.5. The highest BCUT2D eigenvalue weighted by Crippen LogP contribution is 2.25. The normalized spacial score (nSPS) is 10.8. The molecule has 2 heterocycles. The van der Waals surface area contributed by atoms with Crippen molar-refractivity contribution in [2.24, 2.45) is 7.05 Å². The van der Waals surface area contributed by atoms with Gasteiger partial charge in [-0.15, -0.1) is 0 Å². The van der Waals surface area contributed by atoms with E-state index in [1.165, 1.54) is 16.7 Å². The van der Waals surface area contributed by atoms with E-state index in [1.54, 1.807) is 31.4 Å². The lowest BCUT2D eigenvalue weighted by Crippen LogP contribution is -2.14. The monoisotopic (exact) mass is 270 g/mol. The number of oxazole rings is 1. The number of aromatic carboxylic acids is 1. The number of benzene rings is 1. The number of aromatic nitrogens is 2. The van der Waals surface area contributed by atoms with Crippen molar-refractivity contribution < 1.29 is 14.3 Å². The Balaban J connectivity index is 2.23. The number of hydrogen-bond donors (Lipinski definition) is 1. The second kappa shape index (κ2) is 4.34. The highest BCUT2D eigenvalue weighted by atomic mass is 16.4. The van der Waals surface area contributed by atoms with Crippen molar-refractivity contribution in [2.45, 2.75) is 0 Å². The molecule has 0 aliphatic carbocycles. The lowest BCUT2D eigenvalue weighted by Gasteiger charge is -1.97. The summed E-state index contributed by atoms with van der Waals surface area (Å²) in [6, 6.07) is 7.77. The maximum absolute atomic E-state index is 11.6. The number of rotatable bonds is 2. The third kappa shape index (κ3) is 1.87. The van der Waals surface area contributed by atoms with Crippen molar-refractivity contribution in [2.75, 3.05) is 0 Å². The van der Waals surface area contributed by atoms with E-state index < -0.39 is 5.97 Å². The largest absolute Gasteiger partial charge is 0.478 e. The predicted molar refractivity (Wildman–Crippen MR) is 71.6 cm³/mol. The zero-order valence-electron chi connectivity index (χ0n) is 10.5. The van der Waals surface area contributed by atoms with Gasteiger partial charge >= 0.3 is 5.97 Å². The van der Waals surface area contributed by atoms with Gasteiger partial charge in [0, 0.05) is 24.9 Å². The van der Waals surface area contributed by atoms with Crippen LogP contribution in [0.25, 0.3) is 22.6 Å². The van der Waals surface area contributed by atoms with Crippen LogP contribution in [0.15, 0.2) is 45.7 Å². The first-order valence-electron chi connectivity index (χ1n) is 5.86. The highest BCUT2D eigenvalue weighted by Gasteiger charge is 2.15. The Bertz CT molecular complexity index is 876. The molecule has 1 N–H and O–H groups in total. The fourth-order valence-corrected chi connectivity index (χ4v) is 1.93. The number of carbonyl (C=O) groups is 1. The molecule has 0 radical (unpaired) electrons. The van der Waals surface area contributed by atoms with E-state index in [0.29, 0.717) is 11.1 Å². The maximum Gasteiger partial charge on any atom is 0.338 e. The van der Waals surface area contributed by atoms with Gasteiger partial charge in [0.15, 0.2) is 5.58 Å². The number of fused-ring (bicyclic) bond motifs is 1. The van der Waals surface area contributed by atoms with Gasteiger partial charge in [-0.1, -0.05) is 6.07 Å². The Hall–Kier alpha value is -2.89.